The van der Waals surface area contributed by atoms with Gasteiger partial charge in [0.2, 0.25) is 0 Å². The van der Waals surface area contributed by atoms with Crippen LogP contribution in [0.25, 0.3) is 0 Å². The number of hydrogen-bond acceptors (Lipinski definition) is 5. The zero-order valence-electron chi connectivity index (χ0n) is 7.46. The van der Waals surface area contributed by atoms with Gasteiger partial charge >= 0.3 is 0 Å². The van der Waals surface area contributed by atoms with Gasteiger partial charge in [0, 0.05) is 6.20 Å². The second-order valence-corrected chi connectivity index (χ2v) is 3.42. The van der Waals surface area contributed by atoms with Gasteiger partial charge in [-0.15, -0.1) is 0 Å². The lowest BCUT2D eigenvalue weighted by atomic mass is 10.1. The van der Waals surface area contributed by atoms with Crippen LogP contribution in [-0.2, 0) is 0 Å². The number of aromatic nitrogens is 2. The summed E-state index contributed by atoms with van der Waals surface area (Å²) in [6, 6.07) is -0.886. The van der Waals surface area contributed by atoms with Crippen molar-refractivity contribution < 1.29 is 15.3 Å². The van der Waals surface area contributed by atoms with Crippen molar-refractivity contribution >= 4 is 0 Å². The van der Waals surface area contributed by atoms with Crippen LogP contribution < -0.4 is 5.32 Å². The molecule has 1 aromatic heterocycles. The number of aliphatic hydroxyl groups excluding tert-OH is 3. The molecule has 2 heterocycles. The fourth-order valence-corrected chi connectivity index (χ4v) is 1.73. The third-order valence-corrected chi connectivity index (χ3v) is 2.55. The quantitative estimate of drug-likeness (QED) is 0.384. The summed E-state index contributed by atoms with van der Waals surface area (Å²) in [6.45, 7) is -0.205. The van der Waals surface area contributed by atoms with Crippen LogP contribution in [0.3, 0.4) is 0 Å². The van der Waals surface area contributed by atoms with Crippen LogP contribution in [0.1, 0.15) is 11.7 Å². The number of nitrogens with zero attached hydrogens (tertiary/aromatic N) is 1. The minimum absolute atomic E-state index is 0.205. The lowest BCUT2D eigenvalue weighted by molar-refractivity contribution is 0.0191. The molecule has 0 unspecified atom stereocenters. The first-order valence-corrected chi connectivity index (χ1v) is 4.45. The molecule has 6 heteroatoms. The number of hydrogen-bond donors (Lipinski definition) is 5. The molecule has 0 aromatic carbocycles. The Balaban J connectivity index is 2.16. The average Bonchev–Trinajstić information content (AvgIpc) is 2.78. The molecule has 0 amide bonds. The predicted molar refractivity (Wildman–Crippen MR) is 47.4 cm³/mol. The van der Waals surface area contributed by atoms with Crippen molar-refractivity contribution in [2.24, 2.45) is 0 Å². The Kier molecular flexibility index (Phi) is 2.51. The van der Waals surface area contributed by atoms with Crippen molar-refractivity contribution in [2.45, 2.75) is 24.3 Å². The number of H-pyrrole nitrogens is 1. The molecule has 0 radical (unpaired) electrons. The Labute approximate surface area is 80.6 Å². The summed E-state index contributed by atoms with van der Waals surface area (Å²) in [4.78, 5) is 6.67. The summed E-state index contributed by atoms with van der Waals surface area (Å²) in [5.41, 5.74) is 0.701. The van der Waals surface area contributed by atoms with Crippen LogP contribution in [0, 0.1) is 0 Å². The summed E-state index contributed by atoms with van der Waals surface area (Å²) >= 11 is 0. The minimum atomic E-state index is -0.951. The normalized spacial score (nSPS) is 37.6. The van der Waals surface area contributed by atoms with Crippen molar-refractivity contribution in [3.05, 3.63) is 18.2 Å². The zero-order chi connectivity index (χ0) is 10.1. The van der Waals surface area contributed by atoms with E-state index in [1.54, 1.807) is 6.20 Å². The minimum Gasteiger partial charge on any atom is -0.395 e. The van der Waals surface area contributed by atoms with Gasteiger partial charge in [-0.3, -0.25) is 5.32 Å². The molecule has 0 saturated carbocycles. The molecule has 14 heavy (non-hydrogen) atoms. The van der Waals surface area contributed by atoms with Crippen molar-refractivity contribution in [2.75, 3.05) is 6.61 Å². The molecule has 1 aliphatic heterocycles. The van der Waals surface area contributed by atoms with Gasteiger partial charge < -0.3 is 20.3 Å². The Morgan fingerprint density at radius 2 is 2.14 bits per heavy atom. The summed E-state index contributed by atoms with van der Waals surface area (Å²) in [6.07, 6.45) is 1.20. The third kappa shape index (κ3) is 1.42. The molecule has 1 saturated heterocycles. The first kappa shape index (κ1) is 9.60. The molecular formula is C8H13N3O3. The molecular weight excluding hydrogens is 186 g/mol. The Bertz CT molecular complexity index is 290. The van der Waals surface area contributed by atoms with E-state index in [0.717, 1.165) is 0 Å². The van der Waals surface area contributed by atoms with Gasteiger partial charge in [-0.05, 0) is 0 Å². The highest BCUT2D eigenvalue weighted by Gasteiger charge is 2.41. The SMILES string of the molecule is OC[C@H]1N[C@@H](c2cnc[nH]2)[C@H](O)[C@@H]1O. The van der Waals surface area contributed by atoms with E-state index in [0.29, 0.717) is 5.69 Å². The van der Waals surface area contributed by atoms with Crippen LogP contribution in [0.2, 0.25) is 0 Å². The van der Waals surface area contributed by atoms with Crippen molar-refractivity contribution in [3.8, 4) is 0 Å². The smallest absolute Gasteiger partial charge is 0.102 e. The van der Waals surface area contributed by atoms with Gasteiger partial charge in [-0.1, -0.05) is 0 Å². The molecule has 5 N–H and O–H groups in total. The highest BCUT2D eigenvalue weighted by molar-refractivity contribution is 5.12. The number of aliphatic hydroxyl groups is 3. The number of aromatic amines is 1. The highest BCUT2D eigenvalue weighted by atomic mass is 16.3. The van der Waals surface area contributed by atoms with Gasteiger partial charge in [0.15, 0.2) is 0 Å². The highest BCUT2D eigenvalue weighted by Crippen LogP contribution is 2.25. The van der Waals surface area contributed by atoms with E-state index in [4.69, 9.17) is 5.11 Å². The standard InChI is InChI=1S/C8H13N3O3/c12-2-5-7(13)8(14)6(11-5)4-1-9-3-10-4/h1,3,5-8,11-14H,2H2,(H,9,10)/t5-,6+,7-,8+/m1/s1. The maximum Gasteiger partial charge on any atom is 0.102 e. The van der Waals surface area contributed by atoms with Gasteiger partial charge in [0.1, 0.15) is 6.10 Å². The molecule has 2 rings (SSSR count). The number of imidazole rings is 1. The molecule has 1 aromatic rings. The zero-order valence-corrected chi connectivity index (χ0v) is 7.46. The summed E-state index contributed by atoms with van der Waals surface area (Å²) in [7, 11) is 0. The Morgan fingerprint density at radius 1 is 1.36 bits per heavy atom. The fraction of sp³-hybridized carbons (Fsp3) is 0.625. The number of nitrogens with one attached hydrogen (secondary N) is 2. The lowest BCUT2D eigenvalue weighted by Crippen LogP contribution is -2.35. The number of rotatable bonds is 2. The topological polar surface area (TPSA) is 101 Å². The van der Waals surface area contributed by atoms with Crippen molar-refractivity contribution in [1.29, 1.82) is 0 Å². The summed E-state index contributed by atoms with van der Waals surface area (Å²) in [5.74, 6) is 0. The van der Waals surface area contributed by atoms with E-state index in [-0.39, 0.29) is 6.61 Å². The predicted octanol–water partition coefficient (Wildman–Crippen LogP) is -1.86. The van der Waals surface area contributed by atoms with Gasteiger partial charge in [0.05, 0.1) is 36.8 Å². The monoisotopic (exact) mass is 199 g/mol. The maximum absolute atomic E-state index is 9.66. The molecule has 78 valence electrons. The van der Waals surface area contributed by atoms with Gasteiger partial charge in [-0.2, -0.15) is 0 Å². The molecule has 0 spiro atoms. The fourth-order valence-electron chi connectivity index (χ4n) is 1.73. The Morgan fingerprint density at radius 3 is 2.64 bits per heavy atom. The summed E-state index contributed by atoms with van der Waals surface area (Å²) < 4.78 is 0. The first-order valence-electron chi connectivity index (χ1n) is 4.45. The first-order chi connectivity index (χ1) is 6.74. The lowest BCUT2D eigenvalue weighted by Gasteiger charge is -2.13. The van der Waals surface area contributed by atoms with E-state index in [9.17, 15) is 10.2 Å². The van der Waals surface area contributed by atoms with E-state index in [1.165, 1.54) is 6.33 Å². The van der Waals surface area contributed by atoms with E-state index < -0.39 is 24.3 Å². The Hall–Kier alpha value is -0.950. The molecule has 6 nitrogen and oxygen atoms in total. The maximum atomic E-state index is 9.66. The van der Waals surface area contributed by atoms with Crippen LogP contribution >= 0.6 is 0 Å². The molecule has 0 aliphatic carbocycles. The average molecular weight is 199 g/mol. The molecule has 1 aliphatic rings. The molecule has 0 bridgehead atoms. The summed E-state index contributed by atoms with van der Waals surface area (Å²) in [5, 5.41) is 31.0. The van der Waals surface area contributed by atoms with Crippen molar-refractivity contribution in [3.63, 3.8) is 0 Å². The van der Waals surface area contributed by atoms with Crippen LogP contribution in [-0.4, -0.2) is 50.1 Å². The molecule has 1 fully saturated rings. The van der Waals surface area contributed by atoms with Crippen LogP contribution in [0.5, 0.6) is 0 Å². The molecule has 4 atom stereocenters. The van der Waals surface area contributed by atoms with E-state index in [1.807, 2.05) is 0 Å². The van der Waals surface area contributed by atoms with E-state index in [2.05, 4.69) is 15.3 Å². The van der Waals surface area contributed by atoms with Gasteiger partial charge in [-0.25, -0.2) is 4.98 Å². The van der Waals surface area contributed by atoms with Crippen LogP contribution in [0.4, 0.5) is 0 Å². The second-order valence-electron chi connectivity index (χ2n) is 3.42. The van der Waals surface area contributed by atoms with E-state index >= 15 is 0 Å². The van der Waals surface area contributed by atoms with Crippen LogP contribution in [0.15, 0.2) is 12.5 Å². The third-order valence-electron chi connectivity index (χ3n) is 2.55. The van der Waals surface area contributed by atoms with Crippen molar-refractivity contribution in [1.82, 2.24) is 15.3 Å². The second kappa shape index (κ2) is 3.66. The van der Waals surface area contributed by atoms with Gasteiger partial charge in [0.25, 0.3) is 0 Å². The largest absolute Gasteiger partial charge is 0.395 e.